The molecule has 2 aliphatic rings. The molecular weight excluding hydrogens is 170 g/mol. The Labute approximate surface area is 77.5 Å². The van der Waals surface area contributed by atoms with E-state index >= 15 is 0 Å². The first-order valence-corrected chi connectivity index (χ1v) is 4.86. The fourth-order valence-electron chi connectivity index (χ4n) is 1.92. The molecule has 2 heterocycles. The van der Waals surface area contributed by atoms with Gasteiger partial charge in [0.15, 0.2) is 0 Å². The molecule has 1 unspecified atom stereocenters. The van der Waals surface area contributed by atoms with Crippen LogP contribution in [-0.4, -0.2) is 47.8 Å². The smallest absolute Gasteiger partial charge is 0.251 e. The van der Waals surface area contributed by atoms with Crippen LogP contribution in [0.4, 0.5) is 0 Å². The largest absolute Gasteiger partial charge is 0.391 e. The predicted molar refractivity (Wildman–Crippen MR) is 46.2 cm³/mol. The van der Waals surface area contributed by atoms with Crippen molar-refractivity contribution in [2.75, 3.05) is 19.7 Å². The Hall–Kier alpha value is -0.610. The minimum absolute atomic E-state index is 0.0639. The van der Waals surface area contributed by atoms with E-state index in [0.29, 0.717) is 26.1 Å². The summed E-state index contributed by atoms with van der Waals surface area (Å²) in [7, 11) is 0. The topological polar surface area (TPSA) is 49.8 Å². The van der Waals surface area contributed by atoms with Crippen molar-refractivity contribution < 1.29 is 14.6 Å². The molecule has 1 N–H and O–H groups in total. The monoisotopic (exact) mass is 185 g/mol. The summed E-state index contributed by atoms with van der Waals surface area (Å²) in [5, 5.41) is 9.26. The average Bonchev–Trinajstić information content (AvgIpc) is 2.72. The van der Waals surface area contributed by atoms with Crippen LogP contribution < -0.4 is 0 Å². The number of hydrogen-bond donors (Lipinski definition) is 1. The number of aliphatic hydroxyl groups is 1. The Morgan fingerprint density at radius 2 is 2.31 bits per heavy atom. The molecule has 0 aromatic heterocycles. The Balaban J connectivity index is 1.89. The van der Waals surface area contributed by atoms with E-state index in [4.69, 9.17) is 4.74 Å². The van der Waals surface area contributed by atoms with Gasteiger partial charge in [-0.1, -0.05) is 0 Å². The third-order valence-corrected chi connectivity index (χ3v) is 2.68. The predicted octanol–water partition coefficient (Wildman–Crippen LogP) is -0.241. The van der Waals surface area contributed by atoms with Crippen LogP contribution in [0.2, 0.25) is 0 Å². The number of nitrogens with zero attached hydrogens (tertiary/aromatic N) is 1. The maximum Gasteiger partial charge on any atom is 0.251 e. The van der Waals surface area contributed by atoms with Crippen LogP contribution in [-0.2, 0) is 9.53 Å². The van der Waals surface area contributed by atoms with Crippen molar-refractivity contribution in [1.29, 1.82) is 0 Å². The zero-order valence-corrected chi connectivity index (χ0v) is 7.61. The Morgan fingerprint density at radius 1 is 1.46 bits per heavy atom. The van der Waals surface area contributed by atoms with Crippen LogP contribution in [0.15, 0.2) is 0 Å². The van der Waals surface area contributed by atoms with Crippen molar-refractivity contribution in [2.45, 2.75) is 31.5 Å². The van der Waals surface area contributed by atoms with Crippen LogP contribution in [0.25, 0.3) is 0 Å². The number of aliphatic hydroxyl groups excluding tert-OH is 1. The van der Waals surface area contributed by atoms with Gasteiger partial charge in [-0.05, 0) is 19.3 Å². The van der Waals surface area contributed by atoms with Crippen molar-refractivity contribution in [3.05, 3.63) is 0 Å². The number of carbonyl (C=O) groups excluding carboxylic acids is 1. The van der Waals surface area contributed by atoms with Crippen LogP contribution in [0.5, 0.6) is 0 Å². The average molecular weight is 185 g/mol. The molecule has 4 nitrogen and oxygen atoms in total. The van der Waals surface area contributed by atoms with E-state index in [1.807, 2.05) is 0 Å². The number of carbonyl (C=O) groups is 1. The molecule has 0 saturated carbocycles. The lowest BCUT2D eigenvalue weighted by Gasteiger charge is -2.19. The number of β-amino-alcohol motifs (C(OH)–C–C–N with tert-alkyl or cyclic N) is 1. The lowest BCUT2D eigenvalue weighted by atomic mass is 10.2. The van der Waals surface area contributed by atoms with Crippen molar-refractivity contribution in [1.82, 2.24) is 4.90 Å². The third kappa shape index (κ3) is 1.84. The summed E-state index contributed by atoms with van der Waals surface area (Å²) in [6.45, 7) is 1.87. The summed E-state index contributed by atoms with van der Waals surface area (Å²) in [6.07, 6.45) is 1.96. The number of hydrogen-bond acceptors (Lipinski definition) is 3. The summed E-state index contributed by atoms with van der Waals surface area (Å²) in [5.41, 5.74) is 0. The van der Waals surface area contributed by atoms with Gasteiger partial charge in [-0.15, -0.1) is 0 Å². The molecule has 0 spiro atoms. The van der Waals surface area contributed by atoms with Gasteiger partial charge in [0.25, 0.3) is 5.91 Å². The van der Waals surface area contributed by atoms with Gasteiger partial charge in [0, 0.05) is 19.7 Å². The summed E-state index contributed by atoms with van der Waals surface area (Å²) >= 11 is 0. The highest BCUT2D eigenvalue weighted by Gasteiger charge is 2.32. The van der Waals surface area contributed by atoms with Crippen molar-refractivity contribution >= 4 is 5.91 Å². The second kappa shape index (κ2) is 3.64. The normalized spacial score (nSPS) is 34.1. The second-order valence-electron chi connectivity index (χ2n) is 3.73. The lowest BCUT2D eigenvalue weighted by molar-refractivity contribution is -0.140. The van der Waals surface area contributed by atoms with Gasteiger partial charge in [0.1, 0.15) is 6.10 Å². The number of amides is 1. The van der Waals surface area contributed by atoms with E-state index in [9.17, 15) is 9.90 Å². The van der Waals surface area contributed by atoms with E-state index in [0.717, 1.165) is 12.8 Å². The molecule has 2 aliphatic heterocycles. The summed E-state index contributed by atoms with van der Waals surface area (Å²) < 4.78 is 5.29. The number of ether oxygens (including phenoxy) is 1. The standard InChI is InChI=1S/C9H15NO3/c11-7-3-4-10(6-7)9(12)8-2-1-5-13-8/h7-8,11H,1-6H2/t7?,8-/m0/s1. The van der Waals surface area contributed by atoms with E-state index in [2.05, 4.69) is 0 Å². The quantitative estimate of drug-likeness (QED) is 0.613. The van der Waals surface area contributed by atoms with Crippen LogP contribution in [0.3, 0.4) is 0 Å². The van der Waals surface area contributed by atoms with Gasteiger partial charge in [0.2, 0.25) is 0 Å². The molecule has 4 heteroatoms. The van der Waals surface area contributed by atoms with Gasteiger partial charge in [-0.25, -0.2) is 0 Å². The first-order chi connectivity index (χ1) is 6.27. The Morgan fingerprint density at radius 3 is 2.85 bits per heavy atom. The molecule has 2 fully saturated rings. The van der Waals surface area contributed by atoms with Crippen LogP contribution in [0.1, 0.15) is 19.3 Å². The highest BCUT2D eigenvalue weighted by Crippen LogP contribution is 2.18. The molecule has 13 heavy (non-hydrogen) atoms. The van der Waals surface area contributed by atoms with E-state index in [1.165, 1.54) is 0 Å². The molecule has 2 saturated heterocycles. The minimum Gasteiger partial charge on any atom is -0.391 e. The minimum atomic E-state index is -0.328. The number of likely N-dealkylation sites (tertiary alicyclic amines) is 1. The highest BCUT2D eigenvalue weighted by molar-refractivity contribution is 5.81. The molecule has 2 atom stereocenters. The fraction of sp³-hybridized carbons (Fsp3) is 0.889. The molecule has 0 bridgehead atoms. The molecular formula is C9H15NO3. The van der Waals surface area contributed by atoms with Gasteiger partial charge in [0.05, 0.1) is 6.10 Å². The zero-order chi connectivity index (χ0) is 9.26. The van der Waals surface area contributed by atoms with Gasteiger partial charge in [-0.2, -0.15) is 0 Å². The molecule has 0 radical (unpaired) electrons. The van der Waals surface area contributed by atoms with E-state index in [1.54, 1.807) is 4.90 Å². The maximum absolute atomic E-state index is 11.7. The Bertz CT molecular complexity index is 201. The van der Waals surface area contributed by atoms with Crippen LogP contribution in [0, 0.1) is 0 Å². The zero-order valence-electron chi connectivity index (χ0n) is 7.61. The van der Waals surface area contributed by atoms with Gasteiger partial charge < -0.3 is 14.7 Å². The lowest BCUT2D eigenvalue weighted by Crippen LogP contribution is -2.37. The molecule has 74 valence electrons. The molecule has 0 aromatic rings. The van der Waals surface area contributed by atoms with Crippen LogP contribution >= 0.6 is 0 Å². The number of rotatable bonds is 1. The second-order valence-corrected chi connectivity index (χ2v) is 3.73. The summed E-state index contributed by atoms with van der Waals surface area (Å²) in [4.78, 5) is 13.4. The molecule has 0 aromatic carbocycles. The van der Waals surface area contributed by atoms with E-state index in [-0.39, 0.29) is 18.1 Å². The first kappa shape index (κ1) is 8.97. The van der Waals surface area contributed by atoms with Crippen molar-refractivity contribution in [2.24, 2.45) is 0 Å². The highest BCUT2D eigenvalue weighted by atomic mass is 16.5. The molecule has 0 aliphatic carbocycles. The fourth-order valence-corrected chi connectivity index (χ4v) is 1.92. The third-order valence-electron chi connectivity index (χ3n) is 2.68. The maximum atomic E-state index is 11.7. The van der Waals surface area contributed by atoms with Gasteiger partial charge >= 0.3 is 0 Å². The Kier molecular flexibility index (Phi) is 2.51. The summed E-state index contributed by atoms with van der Waals surface area (Å²) in [6, 6.07) is 0. The SMILES string of the molecule is O=C([C@@H]1CCCO1)N1CCC(O)C1. The molecule has 1 amide bonds. The van der Waals surface area contributed by atoms with Gasteiger partial charge in [-0.3, -0.25) is 4.79 Å². The van der Waals surface area contributed by atoms with Crippen molar-refractivity contribution in [3.63, 3.8) is 0 Å². The summed E-state index contributed by atoms with van der Waals surface area (Å²) in [5.74, 6) is 0.0639. The van der Waals surface area contributed by atoms with E-state index < -0.39 is 0 Å². The van der Waals surface area contributed by atoms with Crippen molar-refractivity contribution in [3.8, 4) is 0 Å². The molecule has 2 rings (SSSR count). The first-order valence-electron chi connectivity index (χ1n) is 4.86.